The summed E-state index contributed by atoms with van der Waals surface area (Å²) in [5, 5.41) is 5.22. The van der Waals surface area contributed by atoms with E-state index < -0.39 is 33.1 Å². The Morgan fingerprint density at radius 2 is 1.92 bits per heavy atom. The topological polar surface area (TPSA) is 122 Å². The molecule has 4 aliphatic rings. The Hall–Kier alpha value is -3.03. The predicted molar refractivity (Wildman–Crippen MR) is 192 cm³/mol. The molecule has 13 heteroatoms. The number of benzene rings is 2. The smallest absolute Gasteiger partial charge is 0.247 e. The molecule has 0 unspecified atom stereocenters. The maximum atomic E-state index is 16.6. The molecule has 2 aromatic rings. The summed E-state index contributed by atoms with van der Waals surface area (Å²) >= 11 is 6.43. The molecule has 5 atom stereocenters. The molecule has 10 nitrogen and oxygen atoms in total. The Kier molecular flexibility index (Phi) is 11.2. The van der Waals surface area contributed by atoms with Gasteiger partial charge in [-0.05, 0) is 99.4 Å². The van der Waals surface area contributed by atoms with E-state index in [1.807, 2.05) is 29.2 Å². The Labute approximate surface area is 299 Å². The number of hydrogen-bond donors (Lipinski definition) is 1. The number of carbonyl (C=O) groups excluding carboxylic acids is 2. The van der Waals surface area contributed by atoms with Crippen molar-refractivity contribution in [2.75, 3.05) is 57.4 Å². The number of hydrogen-bond acceptors (Lipinski definition) is 8. The molecule has 2 saturated heterocycles. The van der Waals surface area contributed by atoms with Crippen LogP contribution in [0.1, 0.15) is 67.4 Å². The predicted octanol–water partition coefficient (Wildman–Crippen LogP) is 4.87. The van der Waals surface area contributed by atoms with Crippen LogP contribution < -0.4 is 14.8 Å². The minimum atomic E-state index is -3.80. The SMILES string of the molecule is C[C@H]([C@@H](C)C/C=C(\F)[C@H](C(=O)N1CCOCC1)N1CCC[C@H]1CN1C[C@@]2(CCCc3cc(Cl)ccc32)COc2ccc(C=O)cc21)S(N)(=O)=O. The molecule has 1 aliphatic carbocycles. The maximum Gasteiger partial charge on any atom is 0.247 e. The van der Waals surface area contributed by atoms with Crippen LogP contribution >= 0.6 is 11.6 Å². The first-order chi connectivity index (χ1) is 23.9. The quantitative estimate of drug-likeness (QED) is 0.344. The molecule has 2 aromatic carbocycles. The summed E-state index contributed by atoms with van der Waals surface area (Å²) in [6.45, 7) is 6.84. The number of morpholine rings is 1. The van der Waals surface area contributed by atoms with E-state index >= 15 is 4.39 Å². The number of fused-ring (bicyclic) bond motifs is 3. The fourth-order valence-corrected chi connectivity index (χ4v) is 9.11. The second-order valence-electron chi connectivity index (χ2n) is 14.4. The number of primary sulfonamides is 1. The first-order valence-electron chi connectivity index (χ1n) is 17.7. The lowest BCUT2D eigenvalue weighted by atomic mass is 9.70. The minimum absolute atomic E-state index is 0.117. The Morgan fingerprint density at radius 3 is 2.66 bits per heavy atom. The van der Waals surface area contributed by atoms with Crippen LogP contribution in [0.3, 0.4) is 0 Å². The zero-order valence-electron chi connectivity index (χ0n) is 28.9. The lowest BCUT2D eigenvalue weighted by molar-refractivity contribution is -0.140. The van der Waals surface area contributed by atoms with Crippen LogP contribution in [0.2, 0.25) is 5.02 Å². The van der Waals surface area contributed by atoms with Gasteiger partial charge in [0.2, 0.25) is 15.9 Å². The van der Waals surface area contributed by atoms with E-state index in [0.717, 1.165) is 44.1 Å². The summed E-state index contributed by atoms with van der Waals surface area (Å²) < 4.78 is 52.6. The van der Waals surface area contributed by atoms with Gasteiger partial charge in [0, 0.05) is 48.2 Å². The molecule has 2 fully saturated rings. The lowest BCUT2D eigenvalue weighted by Gasteiger charge is -2.43. The summed E-state index contributed by atoms with van der Waals surface area (Å²) in [4.78, 5) is 32.1. The molecule has 0 radical (unpaired) electrons. The average molecular weight is 731 g/mol. The van der Waals surface area contributed by atoms with Crippen LogP contribution in [-0.4, -0.2) is 100 Å². The number of halogens is 2. The van der Waals surface area contributed by atoms with Crippen LogP contribution in [0, 0.1) is 5.92 Å². The molecule has 2 N–H and O–H groups in total. The van der Waals surface area contributed by atoms with Crippen molar-refractivity contribution in [2.24, 2.45) is 11.1 Å². The standard InChI is InChI=1S/C37H48ClFN4O6S/c1-25(26(2)50(40,46)47)7-11-32(39)35(36(45)41-15-17-48-18-16-41)43-14-4-6-30(43)21-42-23-37(13-3-5-28-20-29(38)9-10-31(28)37)24-49-34-12-8-27(22-44)19-33(34)42/h8-12,19-20,22,25-26,30,35H,3-7,13-18,21,23-24H2,1-2H3,(H2,40,46,47)/b32-11-/t25-,26+,30-,35+,37-/m0/s1. The summed E-state index contributed by atoms with van der Waals surface area (Å²) in [7, 11) is -3.80. The monoisotopic (exact) mass is 730 g/mol. The highest BCUT2D eigenvalue weighted by molar-refractivity contribution is 7.89. The molecule has 6 rings (SSSR count). The van der Waals surface area contributed by atoms with E-state index in [4.69, 9.17) is 26.2 Å². The maximum absolute atomic E-state index is 16.6. The van der Waals surface area contributed by atoms with Gasteiger partial charge in [0.15, 0.2) is 0 Å². The van der Waals surface area contributed by atoms with Crippen molar-refractivity contribution in [1.82, 2.24) is 9.80 Å². The van der Waals surface area contributed by atoms with E-state index in [0.29, 0.717) is 68.9 Å². The summed E-state index contributed by atoms with van der Waals surface area (Å²) in [6.07, 6.45) is 6.66. The first-order valence-corrected chi connectivity index (χ1v) is 19.6. The van der Waals surface area contributed by atoms with Gasteiger partial charge in [0.25, 0.3) is 0 Å². The highest BCUT2D eigenvalue weighted by Crippen LogP contribution is 2.45. The van der Waals surface area contributed by atoms with Crippen molar-refractivity contribution in [2.45, 2.75) is 75.1 Å². The van der Waals surface area contributed by atoms with E-state index in [1.54, 1.807) is 17.9 Å². The number of nitrogens with two attached hydrogens (primary N) is 1. The molecule has 3 heterocycles. The number of rotatable bonds is 10. The third-order valence-corrected chi connectivity index (χ3v) is 12.9. The van der Waals surface area contributed by atoms with Crippen molar-refractivity contribution >= 4 is 39.5 Å². The number of aryl methyl sites for hydroxylation is 1. The molecule has 272 valence electrons. The second kappa shape index (κ2) is 15.3. The number of anilines is 1. The highest BCUT2D eigenvalue weighted by atomic mass is 35.5. The fourth-order valence-electron chi connectivity index (χ4n) is 8.15. The van der Waals surface area contributed by atoms with Crippen molar-refractivity contribution < 1.29 is 31.9 Å². The normalized spacial score (nSPS) is 24.9. The number of carbonyl (C=O) groups is 2. The summed E-state index contributed by atoms with van der Waals surface area (Å²) in [5.41, 5.74) is 3.42. The lowest BCUT2D eigenvalue weighted by Crippen LogP contribution is -2.56. The Balaban J connectivity index is 1.34. The number of likely N-dealkylation sites (tertiary alicyclic amines) is 1. The molecule has 3 aliphatic heterocycles. The highest BCUT2D eigenvalue weighted by Gasteiger charge is 2.45. The first kappa shape index (κ1) is 36.8. The molecule has 0 saturated carbocycles. The summed E-state index contributed by atoms with van der Waals surface area (Å²) in [5.74, 6) is -0.671. The van der Waals surface area contributed by atoms with Crippen molar-refractivity contribution in [3.8, 4) is 5.75 Å². The molecule has 0 bridgehead atoms. The molecule has 0 aromatic heterocycles. The van der Waals surface area contributed by atoms with Gasteiger partial charge in [-0.25, -0.2) is 17.9 Å². The van der Waals surface area contributed by atoms with Gasteiger partial charge < -0.3 is 19.3 Å². The summed E-state index contributed by atoms with van der Waals surface area (Å²) in [6, 6.07) is 10.2. The van der Waals surface area contributed by atoms with Gasteiger partial charge in [-0.2, -0.15) is 0 Å². The van der Waals surface area contributed by atoms with Crippen LogP contribution in [0.15, 0.2) is 48.3 Å². The van der Waals surface area contributed by atoms with Gasteiger partial charge in [-0.1, -0.05) is 30.7 Å². The van der Waals surface area contributed by atoms with E-state index in [2.05, 4.69) is 11.0 Å². The molecular weight excluding hydrogens is 683 g/mol. The molecule has 1 amide bonds. The van der Waals surface area contributed by atoms with Gasteiger partial charge in [-0.3, -0.25) is 14.5 Å². The third kappa shape index (κ3) is 7.74. The number of sulfonamides is 1. The van der Waals surface area contributed by atoms with Gasteiger partial charge >= 0.3 is 0 Å². The average Bonchev–Trinajstić information content (AvgIpc) is 3.49. The largest absolute Gasteiger partial charge is 0.490 e. The van der Waals surface area contributed by atoms with Crippen LogP contribution in [-0.2, 0) is 31.4 Å². The van der Waals surface area contributed by atoms with E-state index in [9.17, 15) is 18.0 Å². The van der Waals surface area contributed by atoms with Crippen LogP contribution in [0.5, 0.6) is 5.75 Å². The van der Waals surface area contributed by atoms with Gasteiger partial charge in [0.05, 0.1) is 30.8 Å². The fraction of sp³-hybridized carbons (Fsp3) is 0.568. The minimum Gasteiger partial charge on any atom is -0.490 e. The second-order valence-corrected chi connectivity index (χ2v) is 16.8. The zero-order chi connectivity index (χ0) is 35.6. The number of amides is 1. The number of ether oxygens (including phenoxy) is 2. The van der Waals surface area contributed by atoms with Crippen molar-refractivity contribution in [3.63, 3.8) is 0 Å². The molecule has 50 heavy (non-hydrogen) atoms. The van der Waals surface area contributed by atoms with Crippen molar-refractivity contribution in [1.29, 1.82) is 0 Å². The number of nitrogens with zero attached hydrogens (tertiary/aromatic N) is 3. The Morgan fingerprint density at radius 1 is 1.14 bits per heavy atom. The number of aldehydes is 1. The van der Waals surface area contributed by atoms with E-state index in [-0.39, 0.29) is 23.8 Å². The van der Waals surface area contributed by atoms with Crippen LogP contribution in [0.4, 0.5) is 10.1 Å². The number of allylic oxidation sites excluding steroid dienone is 1. The molecule has 1 spiro atoms. The van der Waals surface area contributed by atoms with E-state index in [1.165, 1.54) is 24.1 Å². The Bertz CT molecular complexity index is 1720. The van der Waals surface area contributed by atoms with Gasteiger partial charge in [-0.15, -0.1) is 0 Å². The zero-order valence-corrected chi connectivity index (χ0v) is 30.4. The molecular formula is C37H48ClFN4O6S. The van der Waals surface area contributed by atoms with Crippen LogP contribution in [0.25, 0.3) is 0 Å². The van der Waals surface area contributed by atoms with Crippen molar-refractivity contribution in [3.05, 3.63) is 70.0 Å². The third-order valence-electron chi connectivity index (χ3n) is 11.2. The van der Waals surface area contributed by atoms with Gasteiger partial charge in [0.1, 0.15) is 23.9 Å².